The smallest absolute Gasteiger partial charge is 0.0732 e. The van der Waals surface area contributed by atoms with Crippen LogP contribution in [0.2, 0.25) is 0 Å². The van der Waals surface area contributed by atoms with Crippen molar-refractivity contribution in [2.75, 3.05) is 27.2 Å². The highest BCUT2D eigenvalue weighted by atomic mass is 15.4. The summed E-state index contributed by atoms with van der Waals surface area (Å²) in [6, 6.07) is 0. The Morgan fingerprint density at radius 1 is 0.769 bits per heavy atom. The first kappa shape index (κ1) is 9.47. The first-order valence-corrected chi connectivity index (χ1v) is 5.68. The predicted molar refractivity (Wildman–Crippen MR) is 55.7 cm³/mol. The van der Waals surface area contributed by atoms with E-state index in [0.29, 0.717) is 5.66 Å². The van der Waals surface area contributed by atoms with Crippen LogP contribution in [0.3, 0.4) is 0 Å². The second kappa shape index (κ2) is 3.58. The van der Waals surface area contributed by atoms with E-state index in [2.05, 4.69) is 23.9 Å². The van der Waals surface area contributed by atoms with Gasteiger partial charge in [-0.05, 0) is 65.7 Å². The van der Waals surface area contributed by atoms with Crippen LogP contribution in [0.4, 0.5) is 0 Å². The van der Waals surface area contributed by atoms with Crippen LogP contribution in [-0.4, -0.2) is 42.6 Å². The van der Waals surface area contributed by atoms with Crippen LogP contribution >= 0.6 is 0 Å². The summed E-state index contributed by atoms with van der Waals surface area (Å²) in [6.07, 6.45) is 8.42. The van der Waals surface area contributed by atoms with Gasteiger partial charge in [-0.1, -0.05) is 0 Å². The minimum Gasteiger partial charge on any atom is -0.288 e. The maximum atomic E-state index is 2.59. The van der Waals surface area contributed by atoms with Crippen molar-refractivity contribution in [2.45, 2.75) is 44.2 Å². The molecule has 0 unspecified atom stereocenters. The summed E-state index contributed by atoms with van der Waals surface area (Å²) in [6.45, 7) is 2.59. The van der Waals surface area contributed by atoms with Crippen molar-refractivity contribution in [3.63, 3.8) is 0 Å². The van der Waals surface area contributed by atoms with Crippen molar-refractivity contribution in [3.05, 3.63) is 0 Å². The standard InChI is InChI=1S/C11H22N2/c1-12-9-5-3-7-11(12)8-4-6-10-13(11)2/h3-10H2,1-2H3. The Balaban J connectivity index is 2.13. The van der Waals surface area contributed by atoms with E-state index in [1.165, 1.54) is 51.6 Å². The van der Waals surface area contributed by atoms with E-state index >= 15 is 0 Å². The fourth-order valence-electron chi connectivity index (χ4n) is 3.11. The molecule has 2 rings (SSSR count). The summed E-state index contributed by atoms with van der Waals surface area (Å²) in [7, 11) is 4.61. The van der Waals surface area contributed by atoms with E-state index in [4.69, 9.17) is 0 Å². The molecule has 0 aromatic heterocycles. The second-order valence-corrected chi connectivity index (χ2v) is 4.74. The lowest BCUT2D eigenvalue weighted by molar-refractivity contribution is -0.0810. The second-order valence-electron chi connectivity index (χ2n) is 4.74. The lowest BCUT2D eigenvalue weighted by Gasteiger charge is -2.53. The molecule has 2 heterocycles. The van der Waals surface area contributed by atoms with Crippen LogP contribution in [-0.2, 0) is 0 Å². The Labute approximate surface area is 81.9 Å². The molecule has 0 aliphatic carbocycles. The quantitative estimate of drug-likeness (QED) is 0.564. The van der Waals surface area contributed by atoms with Crippen LogP contribution in [0.1, 0.15) is 38.5 Å². The molecule has 0 atom stereocenters. The number of piperidine rings is 2. The highest BCUT2D eigenvalue weighted by Gasteiger charge is 2.41. The summed E-state index contributed by atoms with van der Waals surface area (Å²) in [5.74, 6) is 0. The Kier molecular flexibility index (Phi) is 2.61. The van der Waals surface area contributed by atoms with E-state index in [0.717, 1.165) is 0 Å². The Morgan fingerprint density at radius 2 is 1.23 bits per heavy atom. The molecule has 2 heteroatoms. The van der Waals surface area contributed by atoms with Crippen molar-refractivity contribution in [2.24, 2.45) is 0 Å². The zero-order chi connectivity index (χ0) is 9.31. The van der Waals surface area contributed by atoms with Gasteiger partial charge in [0.1, 0.15) is 0 Å². The van der Waals surface area contributed by atoms with Gasteiger partial charge in [0, 0.05) is 0 Å². The van der Waals surface area contributed by atoms with Crippen LogP contribution in [0.25, 0.3) is 0 Å². The third-order valence-corrected chi connectivity index (χ3v) is 4.06. The molecule has 1 spiro atoms. The molecule has 0 amide bonds. The summed E-state index contributed by atoms with van der Waals surface area (Å²) in [5.41, 5.74) is 0.441. The topological polar surface area (TPSA) is 6.48 Å². The van der Waals surface area contributed by atoms with E-state index in [1.807, 2.05) is 0 Å². The minimum absolute atomic E-state index is 0.441. The molecule has 2 nitrogen and oxygen atoms in total. The van der Waals surface area contributed by atoms with E-state index < -0.39 is 0 Å². The van der Waals surface area contributed by atoms with Gasteiger partial charge in [0.05, 0.1) is 5.66 Å². The first-order valence-electron chi connectivity index (χ1n) is 5.68. The fourth-order valence-corrected chi connectivity index (χ4v) is 3.11. The van der Waals surface area contributed by atoms with Crippen LogP contribution in [0.5, 0.6) is 0 Å². The molecule has 13 heavy (non-hydrogen) atoms. The van der Waals surface area contributed by atoms with Crippen molar-refractivity contribution in [1.82, 2.24) is 9.80 Å². The molecule has 2 aliphatic rings. The summed E-state index contributed by atoms with van der Waals surface area (Å²) in [5, 5.41) is 0. The molecule has 0 saturated carbocycles. The molecule has 0 bridgehead atoms. The van der Waals surface area contributed by atoms with Crippen LogP contribution in [0, 0.1) is 0 Å². The monoisotopic (exact) mass is 182 g/mol. The van der Waals surface area contributed by atoms with E-state index in [9.17, 15) is 0 Å². The largest absolute Gasteiger partial charge is 0.288 e. The van der Waals surface area contributed by atoms with Gasteiger partial charge in [-0.3, -0.25) is 9.80 Å². The normalized spacial score (nSPS) is 30.9. The van der Waals surface area contributed by atoms with Gasteiger partial charge in [-0.25, -0.2) is 0 Å². The summed E-state index contributed by atoms with van der Waals surface area (Å²) in [4.78, 5) is 5.19. The third-order valence-electron chi connectivity index (χ3n) is 4.06. The number of nitrogens with zero attached hydrogens (tertiary/aromatic N) is 2. The SMILES string of the molecule is CN1CCCCC12CCCCN2C. The van der Waals surface area contributed by atoms with Gasteiger partial charge in [0.25, 0.3) is 0 Å². The zero-order valence-electron chi connectivity index (χ0n) is 9.05. The van der Waals surface area contributed by atoms with Crippen molar-refractivity contribution < 1.29 is 0 Å². The van der Waals surface area contributed by atoms with Crippen LogP contribution in [0.15, 0.2) is 0 Å². The molecule has 0 radical (unpaired) electrons. The van der Waals surface area contributed by atoms with Gasteiger partial charge in [-0.15, -0.1) is 0 Å². The lowest BCUT2D eigenvalue weighted by Crippen LogP contribution is -2.61. The molecule has 2 fully saturated rings. The molecular weight excluding hydrogens is 160 g/mol. The van der Waals surface area contributed by atoms with Crippen molar-refractivity contribution in [1.29, 1.82) is 0 Å². The highest BCUT2D eigenvalue weighted by Crippen LogP contribution is 2.36. The maximum Gasteiger partial charge on any atom is 0.0732 e. The Hall–Kier alpha value is -0.0800. The van der Waals surface area contributed by atoms with Gasteiger partial charge < -0.3 is 0 Å². The molecule has 2 aliphatic heterocycles. The number of rotatable bonds is 0. The number of hydrogen-bond donors (Lipinski definition) is 0. The highest BCUT2D eigenvalue weighted by molar-refractivity contribution is 4.93. The first-order chi connectivity index (χ1) is 6.26. The van der Waals surface area contributed by atoms with Gasteiger partial charge in [0.2, 0.25) is 0 Å². The molecular formula is C11H22N2. The van der Waals surface area contributed by atoms with Gasteiger partial charge in [-0.2, -0.15) is 0 Å². The average molecular weight is 182 g/mol. The Morgan fingerprint density at radius 3 is 1.62 bits per heavy atom. The summed E-state index contributed by atoms with van der Waals surface area (Å²) < 4.78 is 0. The molecule has 76 valence electrons. The molecule has 0 aromatic rings. The van der Waals surface area contributed by atoms with Gasteiger partial charge >= 0.3 is 0 Å². The van der Waals surface area contributed by atoms with Crippen molar-refractivity contribution >= 4 is 0 Å². The fraction of sp³-hybridized carbons (Fsp3) is 1.00. The molecule has 0 N–H and O–H groups in total. The lowest BCUT2D eigenvalue weighted by atomic mass is 9.86. The Bertz CT molecular complexity index is 159. The molecule has 0 aromatic carbocycles. The number of likely N-dealkylation sites (tertiary alicyclic amines) is 2. The van der Waals surface area contributed by atoms with E-state index in [-0.39, 0.29) is 0 Å². The van der Waals surface area contributed by atoms with E-state index in [1.54, 1.807) is 0 Å². The minimum atomic E-state index is 0.441. The average Bonchev–Trinajstić information content (AvgIpc) is 2.15. The van der Waals surface area contributed by atoms with Gasteiger partial charge in [0.15, 0.2) is 0 Å². The number of hydrogen-bond acceptors (Lipinski definition) is 2. The summed E-state index contributed by atoms with van der Waals surface area (Å²) >= 11 is 0. The molecule has 2 saturated heterocycles. The van der Waals surface area contributed by atoms with Crippen molar-refractivity contribution in [3.8, 4) is 0 Å². The third kappa shape index (κ3) is 1.50. The maximum absolute atomic E-state index is 2.59. The zero-order valence-corrected chi connectivity index (χ0v) is 9.05. The van der Waals surface area contributed by atoms with Crippen LogP contribution < -0.4 is 0 Å². The predicted octanol–water partition coefficient (Wildman–Crippen LogP) is 1.91.